The summed E-state index contributed by atoms with van der Waals surface area (Å²) < 4.78 is 1.17. The zero-order chi connectivity index (χ0) is 25.5. The summed E-state index contributed by atoms with van der Waals surface area (Å²) in [5.74, 6) is 2.18. The number of rotatable bonds is 9. The quantitative estimate of drug-likeness (QED) is 0.428. The largest absolute Gasteiger partial charge is 0.353 e. The van der Waals surface area contributed by atoms with Crippen LogP contribution in [0.3, 0.4) is 0 Å². The van der Waals surface area contributed by atoms with E-state index in [1.807, 2.05) is 41.3 Å². The second-order valence-electron chi connectivity index (χ2n) is 8.71. The van der Waals surface area contributed by atoms with Crippen molar-refractivity contribution < 1.29 is 4.79 Å². The minimum absolute atomic E-state index is 0.0750. The molecule has 1 aliphatic rings. The molecule has 0 spiro atoms. The fourth-order valence-corrected chi connectivity index (χ4v) is 5.03. The van der Waals surface area contributed by atoms with Gasteiger partial charge in [-0.25, -0.2) is 9.78 Å². The number of carbonyl (C=O) groups is 1. The van der Waals surface area contributed by atoms with Gasteiger partial charge in [-0.05, 0) is 48.7 Å². The molecule has 9 nitrogen and oxygen atoms in total. The van der Waals surface area contributed by atoms with Gasteiger partial charge < -0.3 is 15.1 Å². The number of H-pyrrole nitrogens is 1. The number of hydrogen-bond acceptors (Lipinski definition) is 7. The van der Waals surface area contributed by atoms with E-state index in [1.54, 1.807) is 6.20 Å². The standard InChI is InChI=1S/C26H32N6O3S/c1-3-20-16-21(8-7-19(20)2)28-22-17-24(33)32(26(35)29-22)14-15-36-18-25(34)31-12-10-30(11-13-31)23-6-4-5-9-27-23/h4-9,16-17,28H,3,10-15,18H2,1-2H3,(H,29,35). The molecule has 2 aromatic heterocycles. The molecule has 0 atom stereocenters. The first-order valence-electron chi connectivity index (χ1n) is 12.2. The van der Waals surface area contributed by atoms with E-state index in [-0.39, 0.29) is 18.0 Å². The highest BCUT2D eigenvalue weighted by atomic mass is 32.2. The summed E-state index contributed by atoms with van der Waals surface area (Å²) in [6.07, 6.45) is 2.68. The molecular formula is C26H32N6O3S. The smallest absolute Gasteiger partial charge is 0.329 e. The summed E-state index contributed by atoms with van der Waals surface area (Å²) in [6, 6.07) is 13.2. The molecule has 0 radical (unpaired) electrons. The highest BCUT2D eigenvalue weighted by Crippen LogP contribution is 2.18. The number of nitrogens with one attached hydrogen (secondary N) is 2. The Morgan fingerprint density at radius 2 is 1.92 bits per heavy atom. The number of nitrogens with zero attached hydrogens (tertiary/aromatic N) is 4. The van der Waals surface area contributed by atoms with E-state index in [1.165, 1.54) is 33.5 Å². The number of hydrogen-bond donors (Lipinski definition) is 2. The Hall–Kier alpha value is -3.53. The Bertz CT molecular complexity index is 1270. The van der Waals surface area contributed by atoms with Crippen LogP contribution in [0.1, 0.15) is 18.1 Å². The van der Waals surface area contributed by atoms with Gasteiger partial charge >= 0.3 is 5.69 Å². The summed E-state index contributed by atoms with van der Waals surface area (Å²) in [4.78, 5) is 48.8. The second-order valence-corrected chi connectivity index (χ2v) is 9.81. The maximum absolute atomic E-state index is 12.6. The molecule has 0 saturated carbocycles. The summed E-state index contributed by atoms with van der Waals surface area (Å²) in [5.41, 5.74) is 2.39. The van der Waals surface area contributed by atoms with Gasteiger partial charge in [0.15, 0.2) is 0 Å². The van der Waals surface area contributed by atoms with Crippen LogP contribution < -0.4 is 21.5 Å². The molecule has 3 aromatic rings. The maximum atomic E-state index is 12.6. The van der Waals surface area contributed by atoms with Gasteiger partial charge in [0.2, 0.25) is 5.91 Å². The van der Waals surface area contributed by atoms with Crippen LogP contribution in [-0.4, -0.2) is 63.0 Å². The van der Waals surface area contributed by atoms with Gasteiger partial charge in [0.05, 0.1) is 5.75 Å². The highest BCUT2D eigenvalue weighted by Gasteiger charge is 2.21. The number of aromatic nitrogens is 3. The molecule has 0 aliphatic carbocycles. The minimum atomic E-state index is -0.467. The molecule has 4 rings (SSSR count). The van der Waals surface area contributed by atoms with Crippen molar-refractivity contribution in [2.45, 2.75) is 26.8 Å². The molecule has 3 heterocycles. The first-order chi connectivity index (χ1) is 17.4. The summed E-state index contributed by atoms with van der Waals surface area (Å²) in [7, 11) is 0. The summed E-state index contributed by atoms with van der Waals surface area (Å²) in [5, 5.41) is 3.12. The highest BCUT2D eigenvalue weighted by molar-refractivity contribution is 7.99. The molecule has 36 heavy (non-hydrogen) atoms. The monoisotopic (exact) mass is 508 g/mol. The number of benzene rings is 1. The molecule has 1 fully saturated rings. The SMILES string of the molecule is CCc1cc(Nc2cc(=O)n(CCSCC(=O)N3CCN(c4ccccn4)CC3)c(=O)[nH]2)ccc1C. The van der Waals surface area contributed by atoms with Crippen LogP contribution in [0.5, 0.6) is 0 Å². The lowest BCUT2D eigenvalue weighted by molar-refractivity contribution is -0.128. The van der Waals surface area contributed by atoms with E-state index < -0.39 is 5.69 Å². The fraction of sp³-hybridized carbons (Fsp3) is 0.385. The molecule has 1 aromatic carbocycles. The molecule has 190 valence electrons. The summed E-state index contributed by atoms with van der Waals surface area (Å²) >= 11 is 1.43. The number of anilines is 3. The molecule has 10 heteroatoms. The number of amides is 1. The lowest BCUT2D eigenvalue weighted by Gasteiger charge is -2.35. The van der Waals surface area contributed by atoms with E-state index in [0.717, 1.165) is 31.0 Å². The lowest BCUT2D eigenvalue weighted by Crippen LogP contribution is -2.49. The average Bonchev–Trinajstić information content (AvgIpc) is 2.89. The van der Waals surface area contributed by atoms with Gasteiger partial charge in [-0.3, -0.25) is 19.1 Å². The van der Waals surface area contributed by atoms with Crippen LogP contribution in [0.4, 0.5) is 17.3 Å². The van der Waals surface area contributed by atoms with Crippen molar-refractivity contribution >= 4 is 35.0 Å². The number of carbonyl (C=O) groups excluding carboxylic acids is 1. The Balaban J connectivity index is 1.25. The van der Waals surface area contributed by atoms with Crippen molar-refractivity contribution in [3.05, 3.63) is 80.6 Å². The van der Waals surface area contributed by atoms with Gasteiger partial charge in [-0.2, -0.15) is 11.8 Å². The van der Waals surface area contributed by atoms with Gasteiger partial charge in [0, 0.05) is 56.4 Å². The van der Waals surface area contributed by atoms with E-state index >= 15 is 0 Å². The third-order valence-corrected chi connectivity index (χ3v) is 7.24. The zero-order valence-electron chi connectivity index (χ0n) is 20.7. The molecule has 0 bridgehead atoms. The van der Waals surface area contributed by atoms with Crippen LogP contribution in [0.25, 0.3) is 0 Å². The maximum Gasteiger partial charge on any atom is 0.329 e. The van der Waals surface area contributed by atoms with Gasteiger partial charge in [-0.1, -0.05) is 19.1 Å². The molecule has 1 amide bonds. The predicted octanol–water partition coefficient (Wildman–Crippen LogP) is 2.63. The average molecular weight is 509 g/mol. The third kappa shape index (κ3) is 6.37. The second kappa shape index (κ2) is 11.9. The fourth-order valence-electron chi connectivity index (χ4n) is 4.22. The number of aromatic amines is 1. The molecular weight excluding hydrogens is 476 g/mol. The third-order valence-electron chi connectivity index (χ3n) is 6.32. The van der Waals surface area contributed by atoms with Crippen LogP contribution in [-0.2, 0) is 17.8 Å². The van der Waals surface area contributed by atoms with E-state index in [2.05, 4.69) is 34.0 Å². The molecule has 2 N–H and O–H groups in total. The van der Waals surface area contributed by atoms with Crippen molar-refractivity contribution in [3.63, 3.8) is 0 Å². The molecule has 1 saturated heterocycles. The van der Waals surface area contributed by atoms with E-state index in [9.17, 15) is 14.4 Å². The van der Waals surface area contributed by atoms with Gasteiger partial charge in [0.25, 0.3) is 5.56 Å². The number of pyridine rings is 1. The minimum Gasteiger partial charge on any atom is -0.353 e. The lowest BCUT2D eigenvalue weighted by atomic mass is 10.1. The first-order valence-corrected chi connectivity index (χ1v) is 13.3. The number of thioether (sulfide) groups is 1. The Kier molecular flexibility index (Phi) is 8.48. The molecule has 1 aliphatic heterocycles. The van der Waals surface area contributed by atoms with Crippen molar-refractivity contribution in [1.82, 2.24) is 19.4 Å². The van der Waals surface area contributed by atoms with Crippen LogP contribution >= 0.6 is 11.8 Å². The topological polar surface area (TPSA) is 103 Å². The zero-order valence-corrected chi connectivity index (χ0v) is 21.5. The normalized spacial score (nSPS) is 13.6. The Labute approximate surface area is 214 Å². The summed E-state index contributed by atoms with van der Waals surface area (Å²) in [6.45, 7) is 7.20. The van der Waals surface area contributed by atoms with Gasteiger partial charge in [0.1, 0.15) is 11.6 Å². The van der Waals surface area contributed by atoms with Crippen molar-refractivity contribution in [2.75, 3.05) is 47.9 Å². The Morgan fingerprint density at radius 3 is 2.61 bits per heavy atom. The van der Waals surface area contributed by atoms with Crippen molar-refractivity contribution in [3.8, 4) is 0 Å². The first kappa shape index (κ1) is 25.6. The van der Waals surface area contributed by atoms with Crippen LogP contribution in [0.2, 0.25) is 0 Å². The van der Waals surface area contributed by atoms with Gasteiger partial charge in [-0.15, -0.1) is 0 Å². The van der Waals surface area contributed by atoms with E-state index in [4.69, 9.17) is 0 Å². The van der Waals surface area contributed by atoms with Crippen molar-refractivity contribution in [1.29, 1.82) is 0 Å². The van der Waals surface area contributed by atoms with Crippen LogP contribution in [0.15, 0.2) is 58.3 Å². The van der Waals surface area contributed by atoms with Crippen LogP contribution in [0, 0.1) is 6.92 Å². The number of aryl methyl sites for hydroxylation is 2. The van der Waals surface area contributed by atoms with Crippen molar-refractivity contribution in [2.24, 2.45) is 0 Å². The number of piperazine rings is 1. The predicted molar refractivity (Wildman–Crippen MR) is 146 cm³/mol. The van der Waals surface area contributed by atoms with E-state index in [0.29, 0.717) is 30.4 Å². The Morgan fingerprint density at radius 1 is 1.11 bits per heavy atom. The molecule has 0 unspecified atom stereocenters.